The normalized spacial score (nSPS) is 18.4. The van der Waals surface area contributed by atoms with Crippen molar-refractivity contribution in [1.29, 1.82) is 0 Å². The van der Waals surface area contributed by atoms with Crippen LogP contribution in [-0.2, 0) is 22.1 Å². The molecule has 1 amide bonds. The molecule has 1 heterocycles. The van der Waals surface area contributed by atoms with Crippen molar-refractivity contribution >= 4 is 5.91 Å². The average Bonchev–Trinajstić information content (AvgIpc) is 2.78. The summed E-state index contributed by atoms with van der Waals surface area (Å²) in [5.41, 5.74) is 1.00. The van der Waals surface area contributed by atoms with E-state index in [1.165, 1.54) is 12.1 Å². The number of halogens is 3. The number of nitrogens with zero attached hydrogens (tertiary/aromatic N) is 1. The fourth-order valence-corrected chi connectivity index (χ4v) is 3.60. The summed E-state index contributed by atoms with van der Waals surface area (Å²) in [4.78, 5) is 13.5. The summed E-state index contributed by atoms with van der Waals surface area (Å²) in [6.45, 7) is 3.80. The standard InChI is InChI=1S/C23H27F3N2O3/c1-16(12-17-6-8-20(9-7-17)31-15-22(29)27-2)28-10-11-30-21(14-28)18-4-3-5-19(13-18)23(24,25)26/h3-9,13,16,21H,10-12,14-15H2,1-2H3,(H,27,29). The van der Waals surface area contributed by atoms with Gasteiger partial charge in [0.05, 0.1) is 18.3 Å². The molecule has 1 fully saturated rings. The third kappa shape index (κ3) is 6.45. The van der Waals surface area contributed by atoms with Gasteiger partial charge in [0.15, 0.2) is 6.61 Å². The highest BCUT2D eigenvalue weighted by Crippen LogP contribution is 2.32. The summed E-state index contributed by atoms with van der Waals surface area (Å²) >= 11 is 0. The molecule has 2 unspecified atom stereocenters. The predicted molar refractivity (Wildman–Crippen MR) is 111 cm³/mol. The van der Waals surface area contributed by atoms with Crippen molar-refractivity contribution in [3.8, 4) is 5.75 Å². The molecule has 168 valence electrons. The topological polar surface area (TPSA) is 50.8 Å². The lowest BCUT2D eigenvalue weighted by Crippen LogP contribution is -2.44. The van der Waals surface area contributed by atoms with Crippen LogP contribution in [0.4, 0.5) is 13.2 Å². The maximum absolute atomic E-state index is 13.0. The highest BCUT2D eigenvalue weighted by molar-refractivity contribution is 5.77. The number of amides is 1. The number of alkyl halides is 3. The van der Waals surface area contributed by atoms with Gasteiger partial charge in [0.2, 0.25) is 0 Å². The number of morpholine rings is 1. The smallest absolute Gasteiger partial charge is 0.416 e. The second kappa shape index (κ2) is 10.2. The molecule has 0 bridgehead atoms. The molecule has 0 saturated carbocycles. The van der Waals surface area contributed by atoms with E-state index in [1.54, 1.807) is 13.1 Å². The second-order valence-corrected chi connectivity index (χ2v) is 7.64. The van der Waals surface area contributed by atoms with E-state index in [4.69, 9.17) is 9.47 Å². The van der Waals surface area contributed by atoms with Gasteiger partial charge in [0, 0.05) is 26.2 Å². The first-order valence-electron chi connectivity index (χ1n) is 10.2. The highest BCUT2D eigenvalue weighted by Gasteiger charge is 2.32. The minimum absolute atomic E-state index is 0.0308. The van der Waals surface area contributed by atoms with Crippen LogP contribution in [0.1, 0.15) is 29.7 Å². The minimum atomic E-state index is -4.37. The van der Waals surface area contributed by atoms with Crippen LogP contribution in [0, 0.1) is 0 Å². The van der Waals surface area contributed by atoms with E-state index in [9.17, 15) is 18.0 Å². The van der Waals surface area contributed by atoms with Crippen molar-refractivity contribution in [3.63, 3.8) is 0 Å². The van der Waals surface area contributed by atoms with Gasteiger partial charge < -0.3 is 14.8 Å². The molecule has 1 N–H and O–H groups in total. The van der Waals surface area contributed by atoms with Crippen molar-refractivity contribution < 1.29 is 27.4 Å². The summed E-state index contributed by atoms with van der Waals surface area (Å²) in [5, 5.41) is 2.50. The largest absolute Gasteiger partial charge is 0.484 e. The van der Waals surface area contributed by atoms with E-state index in [1.807, 2.05) is 24.3 Å². The van der Waals surface area contributed by atoms with Gasteiger partial charge in [0.25, 0.3) is 5.91 Å². The van der Waals surface area contributed by atoms with Gasteiger partial charge in [-0.05, 0) is 48.7 Å². The molecular weight excluding hydrogens is 409 g/mol. The predicted octanol–water partition coefficient (Wildman–Crippen LogP) is 3.83. The summed E-state index contributed by atoms with van der Waals surface area (Å²) in [6.07, 6.45) is -3.97. The molecule has 8 heteroatoms. The Morgan fingerprint density at radius 3 is 2.68 bits per heavy atom. The molecule has 31 heavy (non-hydrogen) atoms. The Kier molecular flexibility index (Phi) is 7.56. The fourth-order valence-electron chi connectivity index (χ4n) is 3.60. The summed E-state index contributed by atoms with van der Waals surface area (Å²) in [5.74, 6) is 0.427. The molecule has 5 nitrogen and oxygen atoms in total. The van der Waals surface area contributed by atoms with Crippen LogP contribution in [0.5, 0.6) is 5.75 Å². The summed E-state index contributed by atoms with van der Waals surface area (Å²) in [7, 11) is 1.55. The zero-order valence-electron chi connectivity index (χ0n) is 17.6. The summed E-state index contributed by atoms with van der Waals surface area (Å²) < 4.78 is 50.3. The molecule has 1 saturated heterocycles. The van der Waals surface area contributed by atoms with Gasteiger partial charge in [0.1, 0.15) is 5.75 Å². The number of carbonyl (C=O) groups excluding carboxylic acids is 1. The molecule has 0 aromatic heterocycles. The van der Waals surface area contributed by atoms with E-state index >= 15 is 0 Å². The molecule has 3 rings (SSSR count). The lowest BCUT2D eigenvalue weighted by Gasteiger charge is -2.37. The Hall–Kier alpha value is -2.58. The van der Waals surface area contributed by atoms with Gasteiger partial charge in [-0.1, -0.05) is 24.3 Å². The SMILES string of the molecule is CNC(=O)COc1ccc(CC(C)N2CCOC(c3cccc(C(F)(F)F)c3)C2)cc1. The maximum Gasteiger partial charge on any atom is 0.416 e. The Labute approximate surface area is 180 Å². The quantitative estimate of drug-likeness (QED) is 0.717. The van der Waals surface area contributed by atoms with E-state index in [0.717, 1.165) is 24.6 Å². The zero-order valence-corrected chi connectivity index (χ0v) is 17.6. The highest BCUT2D eigenvalue weighted by atomic mass is 19.4. The number of hydrogen-bond acceptors (Lipinski definition) is 4. The molecule has 0 radical (unpaired) electrons. The lowest BCUT2D eigenvalue weighted by atomic mass is 10.0. The molecule has 2 aromatic rings. The van der Waals surface area contributed by atoms with Gasteiger partial charge in [-0.25, -0.2) is 0 Å². The van der Waals surface area contributed by atoms with Gasteiger partial charge in [-0.2, -0.15) is 13.2 Å². The molecule has 0 aliphatic carbocycles. The zero-order chi connectivity index (χ0) is 22.4. The lowest BCUT2D eigenvalue weighted by molar-refractivity contribution is -0.137. The molecule has 0 spiro atoms. The van der Waals surface area contributed by atoms with Crippen LogP contribution in [0.25, 0.3) is 0 Å². The van der Waals surface area contributed by atoms with Gasteiger partial charge >= 0.3 is 6.18 Å². The first kappa shape index (κ1) is 23.1. The van der Waals surface area contributed by atoms with Crippen LogP contribution in [-0.4, -0.2) is 50.2 Å². The van der Waals surface area contributed by atoms with Crippen molar-refractivity contribution in [3.05, 3.63) is 65.2 Å². The molecule has 2 aromatic carbocycles. The Morgan fingerprint density at radius 1 is 1.26 bits per heavy atom. The van der Waals surface area contributed by atoms with E-state index in [2.05, 4.69) is 17.1 Å². The van der Waals surface area contributed by atoms with E-state index in [-0.39, 0.29) is 24.7 Å². The Morgan fingerprint density at radius 2 is 2.00 bits per heavy atom. The van der Waals surface area contributed by atoms with Crippen molar-refractivity contribution in [2.75, 3.05) is 33.4 Å². The molecule has 1 aliphatic heterocycles. The first-order chi connectivity index (χ1) is 14.8. The number of rotatable bonds is 7. The maximum atomic E-state index is 13.0. The number of ether oxygens (including phenoxy) is 2. The molecule has 1 aliphatic rings. The van der Waals surface area contributed by atoms with E-state index in [0.29, 0.717) is 24.5 Å². The van der Waals surface area contributed by atoms with Crippen molar-refractivity contribution in [2.45, 2.75) is 31.7 Å². The van der Waals surface area contributed by atoms with Crippen LogP contribution in [0.15, 0.2) is 48.5 Å². The van der Waals surface area contributed by atoms with Crippen LogP contribution in [0.3, 0.4) is 0 Å². The molecule has 2 atom stereocenters. The Balaban J connectivity index is 1.58. The third-order valence-corrected chi connectivity index (χ3v) is 5.41. The number of nitrogens with one attached hydrogen (secondary N) is 1. The van der Waals surface area contributed by atoms with E-state index < -0.39 is 11.7 Å². The Bertz CT molecular complexity index is 871. The monoisotopic (exact) mass is 436 g/mol. The average molecular weight is 436 g/mol. The number of likely N-dealkylation sites (N-methyl/N-ethyl adjacent to an activating group) is 1. The van der Waals surface area contributed by atoms with Gasteiger partial charge in [-0.3, -0.25) is 9.69 Å². The number of benzene rings is 2. The second-order valence-electron chi connectivity index (χ2n) is 7.64. The first-order valence-corrected chi connectivity index (χ1v) is 10.2. The number of carbonyl (C=O) groups is 1. The van der Waals surface area contributed by atoms with Gasteiger partial charge in [-0.15, -0.1) is 0 Å². The third-order valence-electron chi connectivity index (χ3n) is 5.41. The van der Waals surface area contributed by atoms with Crippen molar-refractivity contribution in [2.24, 2.45) is 0 Å². The summed E-state index contributed by atoms with van der Waals surface area (Å²) in [6, 6.07) is 13.1. The minimum Gasteiger partial charge on any atom is -0.484 e. The van der Waals surface area contributed by atoms with Crippen LogP contribution < -0.4 is 10.1 Å². The molecular formula is C23H27F3N2O3. The number of hydrogen-bond donors (Lipinski definition) is 1. The fraction of sp³-hybridized carbons (Fsp3) is 0.435. The van der Waals surface area contributed by atoms with Crippen LogP contribution in [0.2, 0.25) is 0 Å². The van der Waals surface area contributed by atoms with Crippen LogP contribution >= 0.6 is 0 Å². The van der Waals surface area contributed by atoms with Crippen molar-refractivity contribution in [1.82, 2.24) is 10.2 Å².